The second-order valence-electron chi connectivity index (χ2n) is 5.79. The van der Waals surface area contributed by atoms with Crippen LogP contribution in [-0.4, -0.2) is 57.5 Å². The first-order valence-corrected chi connectivity index (χ1v) is 8.41. The summed E-state index contributed by atoms with van der Waals surface area (Å²) in [6, 6.07) is 0.160. The van der Waals surface area contributed by atoms with E-state index < -0.39 is 9.84 Å². The van der Waals surface area contributed by atoms with Crippen molar-refractivity contribution in [2.24, 2.45) is 11.8 Å². The van der Waals surface area contributed by atoms with E-state index in [9.17, 15) is 8.42 Å². The third-order valence-electron chi connectivity index (χ3n) is 3.98. The summed E-state index contributed by atoms with van der Waals surface area (Å²) in [5, 5.41) is 3.30. The largest absolute Gasteiger partial charge is 0.312 e. The number of rotatable bonds is 5. The summed E-state index contributed by atoms with van der Waals surface area (Å²) < 4.78 is 23.0. The molecule has 0 spiro atoms. The minimum absolute atomic E-state index is 0.160. The van der Waals surface area contributed by atoms with Gasteiger partial charge in [0.2, 0.25) is 0 Å². The van der Waals surface area contributed by atoms with E-state index in [0.717, 1.165) is 24.8 Å². The van der Waals surface area contributed by atoms with Crippen LogP contribution in [-0.2, 0) is 9.84 Å². The van der Waals surface area contributed by atoms with Crippen molar-refractivity contribution >= 4 is 9.84 Å². The maximum Gasteiger partial charge on any atom is 0.153 e. The van der Waals surface area contributed by atoms with Gasteiger partial charge >= 0.3 is 0 Å². The number of hydrogen-bond acceptors (Lipinski definition) is 4. The van der Waals surface area contributed by atoms with Crippen molar-refractivity contribution in [1.82, 2.24) is 10.2 Å². The Morgan fingerprint density at radius 1 is 1.41 bits per heavy atom. The van der Waals surface area contributed by atoms with Crippen molar-refractivity contribution in [3.8, 4) is 0 Å². The summed E-state index contributed by atoms with van der Waals surface area (Å²) in [5.74, 6) is 2.40. The molecule has 1 aliphatic heterocycles. The summed E-state index contributed by atoms with van der Waals surface area (Å²) in [7, 11) is -0.639. The molecule has 0 aromatic rings. The predicted octanol–water partition coefficient (Wildman–Crippen LogP) is 0.351. The zero-order valence-electron chi connectivity index (χ0n) is 10.9. The molecule has 3 atom stereocenters. The van der Waals surface area contributed by atoms with Crippen LogP contribution in [0.1, 0.15) is 19.8 Å². The van der Waals surface area contributed by atoms with Gasteiger partial charge in [0.05, 0.1) is 11.5 Å². The quantitative estimate of drug-likeness (QED) is 0.775. The van der Waals surface area contributed by atoms with E-state index in [-0.39, 0.29) is 6.04 Å². The van der Waals surface area contributed by atoms with Crippen LogP contribution in [0, 0.1) is 11.8 Å². The minimum Gasteiger partial charge on any atom is -0.312 e. The molecule has 1 aliphatic carbocycles. The van der Waals surface area contributed by atoms with Crippen LogP contribution in [0.2, 0.25) is 0 Å². The Labute approximate surface area is 105 Å². The van der Waals surface area contributed by atoms with Gasteiger partial charge < -0.3 is 10.2 Å². The molecule has 100 valence electrons. The second-order valence-corrected chi connectivity index (χ2v) is 8.02. The van der Waals surface area contributed by atoms with Gasteiger partial charge in [0.1, 0.15) is 0 Å². The highest BCUT2D eigenvalue weighted by Crippen LogP contribution is 2.37. The van der Waals surface area contributed by atoms with Crippen molar-refractivity contribution < 1.29 is 8.42 Å². The van der Waals surface area contributed by atoms with Gasteiger partial charge in [-0.2, -0.15) is 0 Å². The molecule has 2 rings (SSSR count). The molecular formula is C12H24N2O2S. The van der Waals surface area contributed by atoms with Crippen LogP contribution >= 0.6 is 0 Å². The smallest absolute Gasteiger partial charge is 0.153 e. The number of nitrogens with zero attached hydrogens (tertiary/aromatic N) is 1. The summed E-state index contributed by atoms with van der Waals surface area (Å²) >= 11 is 0. The van der Waals surface area contributed by atoms with Crippen molar-refractivity contribution in [2.75, 3.05) is 38.2 Å². The fourth-order valence-corrected chi connectivity index (χ4v) is 4.07. The fourth-order valence-electron chi connectivity index (χ4n) is 2.57. The first-order chi connectivity index (χ1) is 7.96. The van der Waals surface area contributed by atoms with E-state index in [4.69, 9.17) is 0 Å². The molecule has 0 bridgehead atoms. The van der Waals surface area contributed by atoms with Gasteiger partial charge in [-0.15, -0.1) is 0 Å². The lowest BCUT2D eigenvalue weighted by molar-refractivity contribution is 0.295. The van der Waals surface area contributed by atoms with Crippen LogP contribution < -0.4 is 5.32 Å². The highest BCUT2D eigenvalue weighted by Gasteiger charge is 2.33. The van der Waals surface area contributed by atoms with E-state index in [1.54, 1.807) is 0 Å². The minimum atomic E-state index is -2.78. The molecule has 1 N–H and O–H groups in total. The Bertz CT molecular complexity index is 356. The van der Waals surface area contributed by atoms with Crippen LogP contribution in [0.4, 0.5) is 0 Å². The molecule has 17 heavy (non-hydrogen) atoms. The molecule has 2 aliphatic rings. The van der Waals surface area contributed by atoms with Gasteiger partial charge in [-0.25, -0.2) is 8.42 Å². The molecule has 1 heterocycles. The molecule has 0 aromatic heterocycles. The Kier molecular flexibility index (Phi) is 4.10. The Morgan fingerprint density at radius 2 is 2.12 bits per heavy atom. The lowest BCUT2D eigenvalue weighted by Crippen LogP contribution is -2.46. The van der Waals surface area contributed by atoms with Crippen molar-refractivity contribution in [1.29, 1.82) is 0 Å². The number of sulfone groups is 1. The van der Waals surface area contributed by atoms with E-state index in [1.807, 2.05) is 0 Å². The first kappa shape index (κ1) is 13.3. The SMILES string of the molecule is CC1CC1CN(C)CCC1CS(=O)(=O)CCN1. The molecule has 1 saturated carbocycles. The van der Waals surface area contributed by atoms with Crippen molar-refractivity contribution in [3.63, 3.8) is 0 Å². The lowest BCUT2D eigenvalue weighted by atomic mass is 10.2. The maximum absolute atomic E-state index is 11.5. The maximum atomic E-state index is 11.5. The van der Waals surface area contributed by atoms with Crippen LogP contribution in [0.3, 0.4) is 0 Å². The summed E-state index contributed by atoms with van der Waals surface area (Å²) in [6.45, 7) is 5.08. The lowest BCUT2D eigenvalue weighted by Gasteiger charge is -2.26. The average molecular weight is 260 g/mol. The highest BCUT2D eigenvalue weighted by molar-refractivity contribution is 7.91. The normalized spacial score (nSPS) is 36.1. The Hall–Kier alpha value is -0.130. The molecule has 0 radical (unpaired) electrons. The van der Waals surface area contributed by atoms with Crippen LogP contribution in [0.5, 0.6) is 0 Å². The molecular weight excluding hydrogens is 236 g/mol. The van der Waals surface area contributed by atoms with Gasteiger partial charge in [0.25, 0.3) is 0 Å². The van der Waals surface area contributed by atoms with Crippen molar-refractivity contribution in [2.45, 2.75) is 25.8 Å². The number of hydrogen-bond donors (Lipinski definition) is 1. The fraction of sp³-hybridized carbons (Fsp3) is 1.00. The van der Waals surface area contributed by atoms with Gasteiger partial charge in [-0.1, -0.05) is 6.92 Å². The second kappa shape index (κ2) is 5.24. The van der Waals surface area contributed by atoms with Gasteiger partial charge in [0.15, 0.2) is 9.84 Å². The van der Waals surface area contributed by atoms with Gasteiger partial charge in [-0.05, 0) is 38.3 Å². The summed E-state index contributed by atoms with van der Waals surface area (Å²) in [6.07, 6.45) is 2.30. The predicted molar refractivity (Wildman–Crippen MR) is 69.8 cm³/mol. The summed E-state index contributed by atoms with van der Waals surface area (Å²) in [5.41, 5.74) is 0. The third kappa shape index (κ3) is 4.23. The molecule has 0 aromatic carbocycles. The molecule has 3 unspecified atom stereocenters. The van der Waals surface area contributed by atoms with Gasteiger partial charge in [0, 0.05) is 19.1 Å². The van der Waals surface area contributed by atoms with E-state index in [0.29, 0.717) is 18.1 Å². The summed E-state index contributed by atoms with van der Waals surface area (Å²) in [4.78, 5) is 2.34. The van der Waals surface area contributed by atoms with Crippen molar-refractivity contribution in [3.05, 3.63) is 0 Å². The third-order valence-corrected chi connectivity index (χ3v) is 5.72. The molecule has 0 amide bonds. The van der Waals surface area contributed by atoms with E-state index >= 15 is 0 Å². The standard InChI is InChI=1S/C12H24N2O2S/c1-10-7-11(10)8-14(2)5-3-12-9-17(15,16)6-4-13-12/h10-13H,3-9H2,1-2H3. The van der Waals surface area contributed by atoms with E-state index in [1.165, 1.54) is 13.0 Å². The zero-order chi connectivity index (χ0) is 12.5. The average Bonchev–Trinajstić information content (AvgIpc) is 2.90. The topological polar surface area (TPSA) is 49.4 Å². The monoisotopic (exact) mass is 260 g/mol. The first-order valence-electron chi connectivity index (χ1n) is 6.58. The van der Waals surface area contributed by atoms with Crippen LogP contribution in [0.25, 0.3) is 0 Å². The Morgan fingerprint density at radius 3 is 2.71 bits per heavy atom. The molecule has 1 saturated heterocycles. The Balaban J connectivity index is 1.67. The zero-order valence-corrected chi connectivity index (χ0v) is 11.7. The molecule has 2 fully saturated rings. The molecule has 5 heteroatoms. The van der Waals surface area contributed by atoms with Crippen LogP contribution in [0.15, 0.2) is 0 Å². The van der Waals surface area contributed by atoms with E-state index in [2.05, 4.69) is 24.2 Å². The number of nitrogens with one attached hydrogen (secondary N) is 1. The highest BCUT2D eigenvalue weighted by atomic mass is 32.2. The van der Waals surface area contributed by atoms with Gasteiger partial charge in [-0.3, -0.25) is 0 Å². The molecule has 4 nitrogen and oxygen atoms in total.